The number of nitrogens with zero attached hydrogens (tertiary/aromatic N) is 1. The van der Waals surface area contributed by atoms with Crippen LogP contribution >= 0.6 is 11.6 Å². The molecule has 3 aromatic rings. The summed E-state index contributed by atoms with van der Waals surface area (Å²) in [6.07, 6.45) is -3.88. The van der Waals surface area contributed by atoms with Crippen molar-refractivity contribution in [3.8, 4) is 5.75 Å². The Hall–Kier alpha value is -2.13. The summed E-state index contributed by atoms with van der Waals surface area (Å²) >= 11 is 6.56. The molecule has 166 valence electrons. The Morgan fingerprint density at radius 2 is 1.74 bits per heavy atom. The van der Waals surface area contributed by atoms with Gasteiger partial charge in [-0.25, -0.2) is 0 Å². The number of rotatable bonds is 5. The fraction of sp³-hybridized carbons (Fsp3) is 0.391. The van der Waals surface area contributed by atoms with E-state index in [2.05, 4.69) is 0 Å². The molecule has 1 aliphatic rings. The van der Waals surface area contributed by atoms with Gasteiger partial charge in [0.25, 0.3) is 0 Å². The van der Waals surface area contributed by atoms with Gasteiger partial charge in [0.15, 0.2) is 6.23 Å². The maximum Gasteiger partial charge on any atom is 0.163 e. The second-order valence-electron chi connectivity index (χ2n) is 7.89. The van der Waals surface area contributed by atoms with E-state index >= 15 is 0 Å². The zero-order chi connectivity index (χ0) is 22.3. The lowest BCUT2D eigenvalue weighted by atomic mass is 9.98. The summed E-state index contributed by atoms with van der Waals surface area (Å²) in [5.74, 6) is 0.770. The highest BCUT2D eigenvalue weighted by atomic mass is 35.5. The maximum atomic E-state index is 10.7. The highest BCUT2D eigenvalue weighted by Gasteiger charge is 2.44. The fourth-order valence-electron chi connectivity index (χ4n) is 4.23. The van der Waals surface area contributed by atoms with Gasteiger partial charge in [0.1, 0.15) is 30.2 Å². The molecule has 0 radical (unpaired) electrons. The van der Waals surface area contributed by atoms with Crippen LogP contribution in [0.1, 0.15) is 22.9 Å². The normalized spacial score (nSPS) is 26.4. The summed E-state index contributed by atoms with van der Waals surface area (Å²) < 4.78 is 12.7. The van der Waals surface area contributed by atoms with Gasteiger partial charge in [-0.1, -0.05) is 29.8 Å². The van der Waals surface area contributed by atoms with Gasteiger partial charge in [-0.3, -0.25) is 0 Å². The summed E-state index contributed by atoms with van der Waals surface area (Å²) in [6, 6.07) is 11.5. The predicted molar refractivity (Wildman–Crippen MR) is 117 cm³/mol. The van der Waals surface area contributed by atoms with Crippen molar-refractivity contribution in [1.29, 1.82) is 0 Å². The molecule has 5 atom stereocenters. The van der Waals surface area contributed by atoms with Crippen molar-refractivity contribution in [3.05, 3.63) is 64.3 Å². The number of fused-ring (bicyclic) bond motifs is 1. The first-order valence-corrected chi connectivity index (χ1v) is 10.5. The first-order chi connectivity index (χ1) is 14.8. The zero-order valence-electron chi connectivity index (χ0n) is 17.3. The third-order valence-electron chi connectivity index (χ3n) is 5.91. The number of aliphatic hydroxyl groups excluding tert-OH is 4. The average Bonchev–Trinajstić information content (AvgIpc) is 3.15. The molecule has 0 amide bonds. The number of hydrogen-bond donors (Lipinski definition) is 4. The van der Waals surface area contributed by atoms with E-state index in [0.29, 0.717) is 17.0 Å². The Morgan fingerprint density at radius 1 is 1.03 bits per heavy atom. The monoisotopic (exact) mass is 447 g/mol. The van der Waals surface area contributed by atoms with E-state index in [1.54, 1.807) is 17.7 Å². The molecular weight excluding hydrogens is 422 g/mol. The highest BCUT2D eigenvalue weighted by Crippen LogP contribution is 2.38. The van der Waals surface area contributed by atoms with E-state index in [1.165, 1.54) is 0 Å². The number of methoxy groups -OCH3 is 1. The minimum absolute atomic E-state index is 0.471. The van der Waals surface area contributed by atoms with E-state index in [0.717, 1.165) is 27.8 Å². The van der Waals surface area contributed by atoms with Crippen molar-refractivity contribution in [1.82, 2.24) is 4.57 Å². The summed E-state index contributed by atoms with van der Waals surface area (Å²) in [6.45, 7) is 1.49. The third-order valence-corrected chi connectivity index (χ3v) is 6.21. The quantitative estimate of drug-likeness (QED) is 0.478. The molecule has 0 bridgehead atoms. The average molecular weight is 448 g/mol. The molecule has 4 rings (SSSR count). The van der Waals surface area contributed by atoms with Crippen molar-refractivity contribution in [2.45, 2.75) is 44.0 Å². The molecule has 2 aromatic carbocycles. The Labute approximate surface area is 185 Å². The van der Waals surface area contributed by atoms with Crippen molar-refractivity contribution in [2.24, 2.45) is 0 Å². The standard InChI is InChI=1S/C23H26ClNO6/c1-12-3-8-16(24)19-18(12)14(9-13-4-6-15(30-2)7-5-13)10-25(19)23-22(29)21(28)20(27)17(11-26)31-23/h3-8,10,17,20-23,26-29H,9,11H2,1-2H3/t17-,20-,21+,22-,23-/m1/s1. The van der Waals surface area contributed by atoms with Crippen LogP contribution in [-0.4, -0.2) is 63.1 Å². The molecule has 1 saturated heterocycles. The van der Waals surface area contributed by atoms with Crippen LogP contribution in [0, 0.1) is 6.92 Å². The van der Waals surface area contributed by atoms with Gasteiger partial charge in [0, 0.05) is 11.6 Å². The smallest absolute Gasteiger partial charge is 0.163 e. The van der Waals surface area contributed by atoms with Gasteiger partial charge in [-0.05, 0) is 48.2 Å². The molecule has 0 saturated carbocycles. The van der Waals surface area contributed by atoms with Gasteiger partial charge >= 0.3 is 0 Å². The summed E-state index contributed by atoms with van der Waals surface area (Å²) in [7, 11) is 1.62. The molecule has 0 aliphatic carbocycles. The molecule has 1 fully saturated rings. The highest BCUT2D eigenvalue weighted by molar-refractivity contribution is 6.35. The van der Waals surface area contributed by atoms with Crippen LogP contribution in [0.4, 0.5) is 0 Å². The van der Waals surface area contributed by atoms with Gasteiger partial charge in [0.05, 0.1) is 24.3 Å². The zero-order valence-corrected chi connectivity index (χ0v) is 18.0. The van der Waals surface area contributed by atoms with Crippen LogP contribution < -0.4 is 4.74 Å². The minimum atomic E-state index is -1.47. The molecule has 7 nitrogen and oxygen atoms in total. The second-order valence-corrected chi connectivity index (χ2v) is 8.30. The van der Waals surface area contributed by atoms with Gasteiger partial charge in [-0.2, -0.15) is 0 Å². The Kier molecular flexibility index (Phi) is 6.25. The SMILES string of the molecule is COc1ccc(Cc2cn([C@@H]3O[C@H](CO)[C@@H](O)[C@H](O)[C@H]3O)c3c(Cl)ccc(C)c23)cc1. The largest absolute Gasteiger partial charge is 0.497 e. The molecular formula is C23H26ClNO6. The van der Waals surface area contributed by atoms with Crippen LogP contribution in [0.2, 0.25) is 5.02 Å². The first kappa shape index (κ1) is 22.1. The van der Waals surface area contributed by atoms with Crippen molar-refractivity contribution in [2.75, 3.05) is 13.7 Å². The van der Waals surface area contributed by atoms with E-state index < -0.39 is 37.3 Å². The lowest BCUT2D eigenvalue weighted by molar-refractivity contribution is -0.250. The number of aromatic nitrogens is 1. The number of halogens is 1. The lowest BCUT2D eigenvalue weighted by Crippen LogP contribution is -2.56. The maximum absolute atomic E-state index is 10.7. The van der Waals surface area contributed by atoms with Crippen LogP contribution in [0.3, 0.4) is 0 Å². The Morgan fingerprint density at radius 3 is 2.39 bits per heavy atom. The number of ether oxygens (including phenoxy) is 2. The third kappa shape index (κ3) is 3.93. The summed E-state index contributed by atoms with van der Waals surface area (Å²) in [5.41, 5.74) is 3.70. The predicted octanol–water partition coefficient (Wildman–Crippen LogP) is 2.17. The summed E-state index contributed by atoms with van der Waals surface area (Å²) in [5, 5.41) is 42.0. The van der Waals surface area contributed by atoms with Crippen LogP contribution in [0.15, 0.2) is 42.6 Å². The van der Waals surface area contributed by atoms with Crippen LogP contribution in [0.25, 0.3) is 10.9 Å². The van der Waals surface area contributed by atoms with Gasteiger partial charge in [-0.15, -0.1) is 0 Å². The second kappa shape index (κ2) is 8.78. The van der Waals surface area contributed by atoms with Crippen molar-refractivity contribution in [3.63, 3.8) is 0 Å². The Bertz CT molecular complexity index is 1060. The van der Waals surface area contributed by atoms with Gasteiger partial charge < -0.3 is 34.5 Å². The lowest BCUT2D eigenvalue weighted by Gasteiger charge is -2.40. The molecule has 2 heterocycles. The van der Waals surface area contributed by atoms with Gasteiger partial charge in [0.2, 0.25) is 0 Å². The van der Waals surface area contributed by atoms with Crippen LogP contribution in [0.5, 0.6) is 5.75 Å². The number of aliphatic hydroxyl groups is 4. The molecule has 4 N–H and O–H groups in total. The fourth-order valence-corrected chi connectivity index (χ4v) is 4.49. The molecule has 1 aliphatic heterocycles. The Balaban J connectivity index is 1.81. The molecule has 31 heavy (non-hydrogen) atoms. The van der Waals surface area contributed by atoms with E-state index in [1.807, 2.05) is 43.5 Å². The first-order valence-electron chi connectivity index (χ1n) is 10.1. The number of hydrogen-bond acceptors (Lipinski definition) is 6. The summed E-state index contributed by atoms with van der Waals surface area (Å²) in [4.78, 5) is 0. The topological polar surface area (TPSA) is 104 Å². The van der Waals surface area contributed by atoms with E-state index in [4.69, 9.17) is 21.1 Å². The molecule has 0 spiro atoms. The molecule has 0 unspecified atom stereocenters. The molecule has 8 heteroatoms. The van der Waals surface area contributed by atoms with Crippen molar-refractivity contribution >= 4 is 22.5 Å². The van der Waals surface area contributed by atoms with Crippen LogP contribution in [-0.2, 0) is 11.2 Å². The van der Waals surface area contributed by atoms with E-state index in [-0.39, 0.29) is 0 Å². The van der Waals surface area contributed by atoms with Crippen molar-refractivity contribution < 1.29 is 29.9 Å². The minimum Gasteiger partial charge on any atom is -0.497 e. The van der Waals surface area contributed by atoms with E-state index in [9.17, 15) is 20.4 Å². The molecule has 1 aromatic heterocycles. The number of aryl methyl sites for hydroxylation is 1. The number of benzene rings is 2.